The number of benzene rings is 5. The fourth-order valence-electron chi connectivity index (χ4n) is 8.22. The Morgan fingerprint density at radius 3 is 1.90 bits per heavy atom. The van der Waals surface area contributed by atoms with Gasteiger partial charge in [0.15, 0.2) is 17.5 Å². The molecule has 0 spiro atoms. The number of anilines is 1. The van der Waals surface area contributed by atoms with Crippen LogP contribution in [-0.4, -0.2) is 25.6 Å². The van der Waals surface area contributed by atoms with E-state index in [-0.39, 0.29) is 12.0 Å². The van der Waals surface area contributed by atoms with Crippen LogP contribution in [0.1, 0.15) is 17.1 Å². The van der Waals surface area contributed by atoms with Crippen LogP contribution in [-0.2, 0) is 13.0 Å². The lowest BCUT2D eigenvalue weighted by atomic mass is 9.84. The van der Waals surface area contributed by atoms with Crippen molar-refractivity contribution in [3.8, 4) is 33.9 Å². The standard InChI is InChI=1S/C45H33N5/c1-4-16-30(17-5-1)44-46-41(47-45(48-44)31-18-6-2-7-19-31)29-49-37-26-14-12-24-35(37)42-33-22-10-11-23-34(33)43-36-25-13-15-27-38(36)50(40(43)28-39(42)49)32-20-8-3-9-21-32/h1-27,36,38H,28-29H2. The van der Waals surface area contributed by atoms with Crippen molar-refractivity contribution in [2.75, 3.05) is 4.90 Å². The van der Waals surface area contributed by atoms with Gasteiger partial charge < -0.3 is 9.47 Å². The predicted octanol–water partition coefficient (Wildman–Crippen LogP) is 9.77. The SMILES string of the molecule is C1=CC2C3=C(Cc4c(c5ccccc5n4Cc4nc(-c5ccccc5)nc(-c5ccccc5)n4)-c4ccccc43)N(c3ccccc3)C2C=C1. The van der Waals surface area contributed by atoms with Gasteiger partial charge in [0.25, 0.3) is 0 Å². The fourth-order valence-corrected chi connectivity index (χ4v) is 8.22. The van der Waals surface area contributed by atoms with Crippen molar-refractivity contribution < 1.29 is 0 Å². The number of para-hydroxylation sites is 2. The van der Waals surface area contributed by atoms with E-state index in [0.29, 0.717) is 18.2 Å². The van der Waals surface area contributed by atoms with Crippen LogP contribution in [0.2, 0.25) is 0 Å². The number of hydrogen-bond acceptors (Lipinski definition) is 4. The summed E-state index contributed by atoms with van der Waals surface area (Å²) in [4.78, 5) is 17.8. The molecule has 0 fully saturated rings. The second-order valence-electron chi connectivity index (χ2n) is 13.1. The van der Waals surface area contributed by atoms with Gasteiger partial charge in [0.2, 0.25) is 0 Å². The summed E-state index contributed by atoms with van der Waals surface area (Å²) in [5.74, 6) is 2.35. The van der Waals surface area contributed by atoms with Crippen molar-refractivity contribution in [1.29, 1.82) is 0 Å². The third-order valence-corrected chi connectivity index (χ3v) is 10.3. The predicted molar refractivity (Wildman–Crippen MR) is 202 cm³/mol. The molecule has 3 aliphatic rings. The lowest BCUT2D eigenvalue weighted by Gasteiger charge is -2.31. The Balaban J connectivity index is 1.20. The van der Waals surface area contributed by atoms with E-state index in [1.165, 1.54) is 50.2 Å². The van der Waals surface area contributed by atoms with Gasteiger partial charge >= 0.3 is 0 Å². The molecule has 2 atom stereocenters. The highest BCUT2D eigenvalue weighted by atomic mass is 15.2. The molecule has 2 aromatic heterocycles. The maximum atomic E-state index is 5.13. The second kappa shape index (κ2) is 11.7. The first-order chi connectivity index (χ1) is 24.8. The summed E-state index contributed by atoms with van der Waals surface area (Å²) in [6.07, 6.45) is 9.95. The quantitative estimate of drug-likeness (QED) is 0.187. The van der Waals surface area contributed by atoms with Crippen molar-refractivity contribution in [2.45, 2.75) is 19.0 Å². The zero-order chi connectivity index (χ0) is 33.0. The van der Waals surface area contributed by atoms with Gasteiger partial charge in [-0.05, 0) is 34.9 Å². The Bertz CT molecular complexity index is 2430. The highest BCUT2D eigenvalue weighted by Gasteiger charge is 2.43. The molecule has 2 unspecified atom stereocenters. The summed E-state index contributed by atoms with van der Waals surface area (Å²) in [6.45, 7) is 0.515. The molecule has 0 saturated heterocycles. The molecule has 5 aromatic carbocycles. The molecule has 50 heavy (non-hydrogen) atoms. The van der Waals surface area contributed by atoms with Crippen LogP contribution >= 0.6 is 0 Å². The summed E-state index contributed by atoms with van der Waals surface area (Å²) in [7, 11) is 0. The Hall–Kier alpha value is -6.33. The molecule has 3 heterocycles. The van der Waals surface area contributed by atoms with Crippen LogP contribution in [0.15, 0.2) is 170 Å². The molecule has 238 valence electrons. The van der Waals surface area contributed by atoms with E-state index in [2.05, 4.69) is 137 Å². The average molecular weight is 644 g/mol. The zero-order valence-electron chi connectivity index (χ0n) is 27.4. The topological polar surface area (TPSA) is 46.8 Å². The molecule has 0 amide bonds. The van der Waals surface area contributed by atoms with Gasteiger partial charge in [-0.25, -0.2) is 15.0 Å². The third kappa shape index (κ3) is 4.58. The van der Waals surface area contributed by atoms with Crippen molar-refractivity contribution >= 4 is 22.2 Å². The Labute approximate surface area is 291 Å². The minimum absolute atomic E-state index is 0.213. The van der Waals surface area contributed by atoms with Crippen molar-refractivity contribution in [2.24, 2.45) is 5.92 Å². The lowest BCUT2D eigenvalue weighted by molar-refractivity contribution is 0.690. The van der Waals surface area contributed by atoms with Gasteiger partial charge in [0.05, 0.1) is 12.6 Å². The molecular weight excluding hydrogens is 611 g/mol. The van der Waals surface area contributed by atoms with Crippen LogP contribution in [0.4, 0.5) is 5.69 Å². The Morgan fingerprint density at radius 2 is 1.18 bits per heavy atom. The summed E-state index contributed by atoms with van der Waals surface area (Å²) in [5, 5.41) is 1.25. The van der Waals surface area contributed by atoms with Gasteiger partial charge in [-0.3, -0.25) is 0 Å². The highest BCUT2D eigenvalue weighted by molar-refractivity contribution is 6.03. The molecule has 5 nitrogen and oxygen atoms in total. The van der Waals surface area contributed by atoms with E-state index >= 15 is 0 Å². The number of rotatable bonds is 5. The molecule has 0 N–H and O–H groups in total. The van der Waals surface area contributed by atoms with Crippen LogP contribution < -0.4 is 4.90 Å². The molecular formula is C45H33N5. The van der Waals surface area contributed by atoms with E-state index in [4.69, 9.17) is 15.0 Å². The van der Waals surface area contributed by atoms with Crippen LogP contribution in [0.5, 0.6) is 0 Å². The molecule has 0 saturated carbocycles. The van der Waals surface area contributed by atoms with Crippen molar-refractivity contribution in [3.63, 3.8) is 0 Å². The first kappa shape index (κ1) is 28.7. The first-order valence-corrected chi connectivity index (χ1v) is 17.3. The Kier molecular flexibility index (Phi) is 6.69. The van der Waals surface area contributed by atoms with E-state index in [0.717, 1.165) is 23.4 Å². The number of fused-ring (bicyclic) bond motifs is 8. The average Bonchev–Trinajstić information content (AvgIpc) is 3.62. The fraction of sp³-hybridized carbons (Fsp3) is 0.0889. The van der Waals surface area contributed by atoms with Crippen molar-refractivity contribution in [3.05, 3.63) is 187 Å². The van der Waals surface area contributed by atoms with E-state index < -0.39 is 0 Å². The van der Waals surface area contributed by atoms with Crippen LogP contribution in [0, 0.1) is 5.92 Å². The van der Waals surface area contributed by atoms with Gasteiger partial charge in [-0.2, -0.15) is 0 Å². The highest BCUT2D eigenvalue weighted by Crippen LogP contribution is 2.52. The maximum Gasteiger partial charge on any atom is 0.163 e. The molecule has 5 heteroatoms. The smallest absolute Gasteiger partial charge is 0.163 e. The van der Waals surface area contributed by atoms with Gasteiger partial charge in [0.1, 0.15) is 0 Å². The van der Waals surface area contributed by atoms with Gasteiger partial charge in [0, 0.05) is 57.0 Å². The first-order valence-electron chi connectivity index (χ1n) is 17.3. The lowest BCUT2D eigenvalue weighted by Crippen LogP contribution is -2.33. The van der Waals surface area contributed by atoms with Crippen molar-refractivity contribution in [1.82, 2.24) is 19.5 Å². The molecule has 0 bridgehead atoms. The minimum Gasteiger partial charge on any atom is -0.337 e. The normalized spacial score (nSPS) is 17.3. The molecule has 10 rings (SSSR count). The Morgan fingerprint density at radius 1 is 0.580 bits per heavy atom. The van der Waals surface area contributed by atoms with Crippen LogP contribution in [0.3, 0.4) is 0 Å². The summed E-state index contributed by atoms with van der Waals surface area (Å²) in [6, 6.07) is 49.4. The summed E-state index contributed by atoms with van der Waals surface area (Å²) in [5.41, 5.74) is 12.3. The molecule has 1 aliphatic heterocycles. The maximum absolute atomic E-state index is 5.13. The van der Waals surface area contributed by atoms with Gasteiger partial charge in [-0.15, -0.1) is 0 Å². The van der Waals surface area contributed by atoms with E-state index in [1.807, 2.05) is 36.4 Å². The monoisotopic (exact) mass is 643 g/mol. The second-order valence-corrected chi connectivity index (χ2v) is 13.1. The largest absolute Gasteiger partial charge is 0.337 e. The number of allylic oxidation sites excluding steroid dienone is 3. The van der Waals surface area contributed by atoms with E-state index in [1.54, 1.807) is 0 Å². The molecule has 0 radical (unpaired) electrons. The summed E-state index contributed by atoms with van der Waals surface area (Å²) < 4.78 is 2.47. The zero-order valence-corrected chi connectivity index (χ0v) is 27.4. The third-order valence-electron chi connectivity index (χ3n) is 10.3. The number of aromatic nitrogens is 4. The number of hydrogen-bond donors (Lipinski definition) is 0. The number of nitrogens with zero attached hydrogens (tertiary/aromatic N) is 5. The summed E-state index contributed by atoms with van der Waals surface area (Å²) >= 11 is 0. The van der Waals surface area contributed by atoms with Gasteiger partial charge in [-0.1, -0.05) is 146 Å². The molecule has 2 aliphatic carbocycles. The van der Waals surface area contributed by atoms with E-state index in [9.17, 15) is 0 Å². The van der Waals surface area contributed by atoms with Crippen LogP contribution in [0.25, 0.3) is 50.4 Å². The molecule has 7 aromatic rings. The minimum atomic E-state index is 0.213.